The molecular weight excluding hydrogens is 369 g/mol. The first-order valence-electron chi connectivity index (χ1n) is 9.87. The van der Waals surface area contributed by atoms with Crippen LogP contribution in [0.4, 0.5) is 10.1 Å². The molecule has 1 aliphatic heterocycles. The molecule has 1 aromatic heterocycles. The second-order valence-electron chi connectivity index (χ2n) is 7.72. The Labute approximate surface area is 168 Å². The van der Waals surface area contributed by atoms with Crippen LogP contribution < -0.4 is 5.32 Å². The van der Waals surface area contributed by atoms with E-state index >= 15 is 0 Å². The van der Waals surface area contributed by atoms with Crippen molar-refractivity contribution < 1.29 is 14.0 Å². The van der Waals surface area contributed by atoms with E-state index in [9.17, 15) is 14.0 Å². The van der Waals surface area contributed by atoms with Gasteiger partial charge in [0.2, 0.25) is 5.91 Å². The molecule has 1 aliphatic rings. The third kappa shape index (κ3) is 3.88. The minimum Gasteiger partial charge on any atom is -0.350 e. The number of anilines is 1. The Morgan fingerprint density at radius 2 is 2.03 bits per heavy atom. The molecule has 4 rings (SSSR count). The number of fused-ring (bicyclic) bond motifs is 1. The van der Waals surface area contributed by atoms with Gasteiger partial charge in [0.1, 0.15) is 11.5 Å². The van der Waals surface area contributed by atoms with Gasteiger partial charge in [0.05, 0.1) is 5.52 Å². The first-order valence-corrected chi connectivity index (χ1v) is 9.87. The van der Waals surface area contributed by atoms with Crippen LogP contribution in [0.5, 0.6) is 0 Å². The molecule has 2 amide bonds. The van der Waals surface area contributed by atoms with Crippen molar-refractivity contribution in [3.05, 3.63) is 65.1 Å². The molecule has 1 fully saturated rings. The van der Waals surface area contributed by atoms with Crippen molar-refractivity contribution in [2.24, 2.45) is 0 Å². The van der Waals surface area contributed by atoms with Gasteiger partial charge in [-0.05, 0) is 55.2 Å². The zero-order valence-electron chi connectivity index (χ0n) is 16.6. The molecular formula is C23H24FN3O2. The standard InChI is InChI=1S/C23H24FN3O2/c1-14-8-9-20(24)19-12-21(26-22(14)19)23(29)25-18-7-3-5-16(11-18)17-6-4-10-27(13-17)15(2)28/h3,5,7-9,11-12,17,26H,4,6,10,13H2,1-2H3,(H,25,29). The molecule has 150 valence electrons. The largest absolute Gasteiger partial charge is 0.350 e. The molecule has 1 saturated heterocycles. The summed E-state index contributed by atoms with van der Waals surface area (Å²) in [4.78, 5) is 29.3. The number of halogens is 1. The second kappa shape index (κ2) is 7.70. The number of aromatic nitrogens is 1. The molecule has 2 heterocycles. The molecule has 0 bridgehead atoms. The van der Waals surface area contributed by atoms with Crippen molar-refractivity contribution in [1.29, 1.82) is 0 Å². The summed E-state index contributed by atoms with van der Waals surface area (Å²) < 4.78 is 14.0. The van der Waals surface area contributed by atoms with Gasteiger partial charge in [-0.15, -0.1) is 0 Å². The summed E-state index contributed by atoms with van der Waals surface area (Å²) in [6, 6.07) is 12.4. The Morgan fingerprint density at radius 1 is 1.21 bits per heavy atom. The van der Waals surface area contributed by atoms with Gasteiger partial charge in [0.25, 0.3) is 5.91 Å². The number of aryl methyl sites for hydroxylation is 1. The van der Waals surface area contributed by atoms with E-state index in [1.807, 2.05) is 36.1 Å². The molecule has 2 N–H and O–H groups in total. The summed E-state index contributed by atoms with van der Waals surface area (Å²) in [7, 11) is 0. The van der Waals surface area contributed by atoms with Gasteiger partial charge in [0.15, 0.2) is 0 Å². The highest BCUT2D eigenvalue weighted by Crippen LogP contribution is 2.29. The van der Waals surface area contributed by atoms with Gasteiger partial charge < -0.3 is 15.2 Å². The normalized spacial score (nSPS) is 16.8. The predicted molar refractivity (Wildman–Crippen MR) is 112 cm³/mol. The lowest BCUT2D eigenvalue weighted by Crippen LogP contribution is -2.37. The van der Waals surface area contributed by atoms with Gasteiger partial charge in [-0.3, -0.25) is 9.59 Å². The molecule has 6 heteroatoms. The van der Waals surface area contributed by atoms with Crippen molar-refractivity contribution in [2.45, 2.75) is 32.6 Å². The van der Waals surface area contributed by atoms with E-state index in [4.69, 9.17) is 0 Å². The number of H-pyrrole nitrogens is 1. The van der Waals surface area contributed by atoms with Crippen LogP contribution in [-0.2, 0) is 4.79 Å². The highest BCUT2D eigenvalue weighted by atomic mass is 19.1. The number of amides is 2. The lowest BCUT2D eigenvalue weighted by atomic mass is 9.90. The maximum absolute atomic E-state index is 14.0. The number of hydrogen-bond donors (Lipinski definition) is 2. The van der Waals surface area contributed by atoms with Crippen LogP contribution in [0.2, 0.25) is 0 Å². The fourth-order valence-corrected chi connectivity index (χ4v) is 4.05. The summed E-state index contributed by atoms with van der Waals surface area (Å²) in [6.07, 6.45) is 1.99. The van der Waals surface area contributed by atoms with Gasteiger partial charge in [0, 0.05) is 37.0 Å². The summed E-state index contributed by atoms with van der Waals surface area (Å²) >= 11 is 0. The number of nitrogens with one attached hydrogen (secondary N) is 2. The van der Waals surface area contributed by atoms with Crippen molar-refractivity contribution in [1.82, 2.24) is 9.88 Å². The Morgan fingerprint density at radius 3 is 2.79 bits per heavy atom. The Bertz CT molecular complexity index is 1050. The average Bonchev–Trinajstić information content (AvgIpc) is 3.18. The number of carbonyl (C=O) groups excluding carboxylic acids is 2. The second-order valence-corrected chi connectivity index (χ2v) is 7.72. The molecule has 0 saturated carbocycles. The average molecular weight is 393 g/mol. The number of nitrogens with zero attached hydrogens (tertiary/aromatic N) is 1. The van der Waals surface area contributed by atoms with Crippen molar-refractivity contribution in [3.63, 3.8) is 0 Å². The third-order valence-corrected chi connectivity index (χ3v) is 5.68. The fourth-order valence-electron chi connectivity index (χ4n) is 4.05. The molecule has 3 aromatic rings. The van der Waals surface area contributed by atoms with Crippen LogP contribution in [0.25, 0.3) is 10.9 Å². The lowest BCUT2D eigenvalue weighted by molar-refractivity contribution is -0.130. The lowest BCUT2D eigenvalue weighted by Gasteiger charge is -2.32. The van der Waals surface area contributed by atoms with Crippen molar-refractivity contribution >= 4 is 28.4 Å². The SMILES string of the molecule is CC(=O)N1CCCC(c2cccc(NC(=O)c3cc4c(F)ccc(C)c4[nH]3)c2)C1. The van der Waals surface area contributed by atoms with Crippen LogP contribution in [0.1, 0.15) is 47.3 Å². The Hall–Kier alpha value is -3.15. The van der Waals surface area contributed by atoms with Crippen LogP contribution in [-0.4, -0.2) is 34.8 Å². The van der Waals surface area contributed by atoms with E-state index in [1.54, 1.807) is 19.1 Å². The van der Waals surface area contributed by atoms with E-state index < -0.39 is 0 Å². The summed E-state index contributed by atoms with van der Waals surface area (Å²) in [5.41, 5.74) is 3.62. The first-order chi connectivity index (χ1) is 13.9. The maximum Gasteiger partial charge on any atom is 0.272 e. The topological polar surface area (TPSA) is 65.2 Å². The van der Waals surface area contributed by atoms with Gasteiger partial charge >= 0.3 is 0 Å². The van der Waals surface area contributed by atoms with Gasteiger partial charge in [-0.25, -0.2) is 4.39 Å². The molecule has 1 atom stereocenters. The monoisotopic (exact) mass is 393 g/mol. The van der Waals surface area contributed by atoms with E-state index in [0.29, 0.717) is 28.8 Å². The van der Waals surface area contributed by atoms with Gasteiger partial charge in [-0.2, -0.15) is 0 Å². The molecule has 0 spiro atoms. The van der Waals surface area contributed by atoms with Crippen LogP contribution in [0.3, 0.4) is 0 Å². The third-order valence-electron chi connectivity index (χ3n) is 5.68. The zero-order chi connectivity index (χ0) is 20.5. The Kier molecular flexibility index (Phi) is 5.09. The molecule has 1 unspecified atom stereocenters. The number of hydrogen-bond acceptors (Lipinski definition) is 2. The van der Waals surface area contributed by atoms with Gasteiger partial charge in [-0.1, -0.05) is 18.2 Å². The number of likely N-dealkylation sites (tertiary alicyclic amines) is 1. The first kappa shape index (κ1) is 19.2. The number of piperidine rings is 1. The zero-order valence-corrected chi connectivity index (χ0v) is 16.6. The fraction of sp³-hybridized carbons (Fsp3) is 0.304. The Balaban J connectivity index is 1.54. The number of rotatable bonds is 3. The number of carbonyl (C=O) groups is 2. The van der Waals surface area contributed by atoms with Crippen LogP contribution in [0.15, 0.2) is 42.5 Å². The van der Waals surface area contributed by atoms with Crippen molar-refractivity contribution in [3.8, 4) is 0 Å². The minimum atomic E-state index is -0.352. The van der Waals surface area contributed by atoms with E-state index in [-0.39, 0.29) is 23.5 Å². The van der Waals surface area contributed by atoms with E-state index in [2.05, 4.69) is 10.3 Å². The van der Waals surface area contributed by atoms with E-state index in [0.717, 1.165) is 30.5 Å². The highest BCUT2D eigenvalue weighted by Gasteiger charge is 2.23. The summed E-state index contributed by atoms with van der Waals surface area (Å²) in [5, 5.41) is 3.31. The summed E-state index contributed by atoms with van der Waals surface area (Å²) in [5.74, 6) is -0.309. The maximum atomic E-state index is 14.0. The highest BCUT2D eigenvalue weighted by molar-refractivity contribution is 6.06. The minimum absolute atomic E-state index is 0.0977. The van der Waals surface area contributed by atoms with Crippen LogP contribution in [0, 0.1) is 12.7 Å². The van der Waals surface area contributed by atoms with E-state index in [1.165, 1.54) is 6.07 Å². The molecule has 0 radical (unpaired) electrons. The smallest absolute Gasteiger partial charge is 0.272 e. The predicted octanol–water partition coefficient (Wildman–Crippen LogP) is 4.59. The molecule has 0 aliphatic carbocycles. The van der Waals surface area contributed by atoms with Crippen molar-refractivity contribution in [2.75, 3.05) is 18.4 Å². The summed E-state index contributed by atoms with van der Waals surface area (Å²) in [6.45, 7) is 4.98. The van der Waals surface area contributed by atoms with Crippen LogP contribution >= 0.6 is 0 Å². The number of aromatic amines is 1. The molecule has 2 aromatic carbocycles. The molecule has 29 heavy (non-hydrogen) atoms. The number of benzene rings is 2. The molecule has 5 nitrogen and oxygen atoms in total. The quantitative estimate of drug-likeness (QED) is 0.683.